The lowest BCUT2D eigenvalue weighted by Gasteiger charge is -2.15. The molecular weight excluding hydrogens is 238 g/mol. The van der Waals surface area contributed by atoms with Crippen LogP contribution in [0.3, 0.4) is 0 Å². The predicted molar refractivity (Wildman–Crippen MR) is 71.5 cm³/mol. The van der Waals surface area contributed by atoms with E-state index in [1.165, 1.54) is 0 Å². The van der Waals surface area contributed by atoms with E-state index in [9.17, 15) is 4.79 Å². The van der Waals surface area contributed by atoms with E-state index in [4.69, 9.17) is 4.74 Å². The quantitative estimate of drug-likeness (QED) is 0.686. The Morgan fingerprint density at radius 3 is 3.00 bits per heavy atom. The number of nitrogens with one attached hydrogen (secondary N) is 2. The first-order valence-corrected chi connectivity index (χ1v) is 6.73. The summed E-state index contributed by atoms with van der Waals surface area (Å²) in [6, 6.07) is 0. The molecule has 6 heteroatoms. The third-order valence-corrected chi connectivity index (χ3v) is 3.61. The molecule has 17 heavy (non-hydrogen) atoms. The minimum atomic E-state index is 0.0219. The van der Waals surface area contributed by atoms with Crippen LogP contribution in [-0.4, -0.2) is 49.2 Å². The van der Waals surface area contributed by atoms with E-state index in [-0.39, 0.29) is 11.4 Å². The van der Waals surface area contributed by atoms with Crippen molar-refractivity contribution in [2.24, 2.45) is 4.99 Å². The van der Waals surface area contributed by atoms with Gasteiger partial charge in [-0.3, -0.25) is 9.79 Å². The van der Waals surface area contributed by atoms with Gasteiger partial charge in [-0.1, -0.05) is 11.8 Å². The zero-order valence-electron chi connectivity index (χ0n) is 10.7. The molecule has 1 aliphatic rings. The van der Waals surface area contributed by atoms with Gasteiger partial charge in [0.15, 0.2) is 5.17 Å². The van der Waals surface area contributed by atoms with E-state index in [1.54, 1.807) is 18.9 Å². The Labute approximate surface area is 107 Å². The molecule has 1 fully saturated rings. The molecule has 0 unspecified atom stereocenters. The van der Waals surface area contributed by atoms with Gasteiger partial charge in [-0.05, 0) is 13.8 Å². The first-order valence-electron chi connectivity index (χ1n) is 5.74. The summed E-state index contributed by atoms with van der Waals surface area (Å²) in [5, 5.41) is 7.03. The highest BCUT2D eigenvalue weighted by Crippen LogP contribution is 2.21. The SMILES string of the molecule is COCCNC(=O)CCN=C1NC(C)(C)CS1. The first-order chi connectivity index (χ1) is 8.03. The minimum Gasteiger partial charge on any atom is -0.383 e. The number of hydrogen-bond donors (Lipinski definition) is 2. The zero-order valence-corrected chi connectivity index (χ0v) is 11.5. The van der Waals surface area contributed by atoms with Crippen molar-refractivity contribution in [3.8, 4) is 0 Å². The summed E-state index contributed by atoms with van der Waals surface area (Å²) in [5.41, 5.74) is 0.115. The molecule has 0 aromatic carbocycles. The van der Waals surface area contributed by atoms with Gasteiger partial charge < -0.3 is 15.4 Å². The van der Waals surface area contributed by atoms with Crippen LogP contribution < -0.4 is 10.6 Å². The second-order valence-electron chi connectivity index (χ2n) is 4.58. The molecule has 1 amide bonds. The third kappa shape index (κ3) is 5.93. The van der Waals surface area contributed by atoms with Crippen LogP contribution in [0.1, 0.15) is 20.3 Å². The summed E-state index contributed by atoms with van der Waals surface area (Å²) in [6.07, 6.45) is 0.426. The van der Waals surface area contributed by atoms with Crippen molar-refractivity contribution < 1.29 is 9.53 Å². The van der Waals surface area contributed by atoms with Crippen molar-refractivity contribution in [2.45, 2.75) is 25.8 Å². The van der Waals surface area contributed by atoms with Gasteiger partial charge in [0.05, 0.1) is 13.2 Å². The van der Waals surface area contributed by atoms with Gasteiger partial charge in [-0.25, -0.2) is 0 Å². The van der Waals surface area contributed by atoms with E-state index >= 15 is 0 Å². The number of amidine groups is 1. The molecular formula is C11H21N3O2S. The van der Waals surface area contributed by atoms with Gasteiger partial charge in [0.25, 0.3) is 0 Å². The normalized spacial score (nSPS) is 20.3. The molecule has 1 aliphatic heterocycles. The summed E-state index contributed by atoms with van der Waals surface area (Å²) in [4.78, 5) is 15.7. The van der Waals surface area contributed by atoms with E-state index in [2.05, 4.69) is 29.5 Å². The summed E-state index contributed by atoms with van der Waals surface area (Å²) in [7, 11) is 1.61. The molecule has 98 valence electrons. The topological polar surface area (TPSA) is 62.7 Å². The van der Waals surface area contributed by atoms with Crippen LogP contribution in [0, 0.1) is 0 Å². The Balaban J connectivity index is 2.15. The maximum Gasteiger partial charge on any atom is 0.221 e. The summed E-state index contributed by atoms with van der Waals surface area (Å²) >= 11 is 1.71. The van der Waals surface area contributed by atoms with Crippen molar-refractivity contribution >= 4 is 22.8 Å². The molecule has 1 heterocycles. The maximum atomic E-state index is 11.4. The van der Waals surface area contributed by atoms with Gasteiger partial charge in [0, 0.05) is 31.4 Å². The fourth-order valence-corrected chi connectivity index (χ4v) is 2.44. The van der Waals surface area contributed by atoms with E-state index < -0.39 is 0 Å². The smallest absolute Gasteiger partial charge is 0.221 e. The predicted octanol–water partition coefficient (Wildman–Crippen LogP) is 0.610. The summed E-state index contributed by atoms with van der Waals surface area (Å²) < 4.78 is 4.85. The Morgan fingerprint density at radius 1 is 1.65 bits per heavy atom. The molecule has 0 aromatic rings. The standard InChI is InChI=1S/C11H21N3O2S/c1-11(2)8-17-10(14-11)13-5-4-9(15)12-6-7-16-3/h4-8H2,1-3H3,(H,12,15)(H,13,14). The highest BCUT2D eigenvalue weighted by molar-refractivity contribution is 8.14. The van der Waals surface area contributed by atoms with Crippen molar-refractivity contribution in [1.29, 1.82) is 0 Å². The molecule has 1 rings (SSSR count). The van der Waals surface area contributed by atoms with E-state index in [0.717, 1.165) is 10.9 Å². The van der Waals surface area contributed by atoms with Crippen LogP contribution in [0.5, 0.6) is 0 Å². The van der Waals surface area contributed by atoms with Gasteiger partial charge in [0.2, 0.25) is 5.91 Å². The Bertz CT molecular complexity index is 292. The number of nitrogens with zero attached hydrogens (tertiary/aromatic N) is 1. The fraction of sp³-hybridized carbons (Fsp3) is 0.818. The maximum absolute atomic E-state index is 11.4. The summed E-state index contributed by atoms with van der Waals surface area (Å²) in [5.74, 6) is 1.04. The molecule has 0 spiro atoms. The number of methoxy groups -OCH3 is 1. The van der Waals surface area contributed by atoms with Gasteiger partial charge in [-0.2, -0.15) is 0 Å². The van der Waals surface area contributed by atoms with Crippen LogP contribution in [0.25, 0.3) is 0 Å². The van der Waals surface area contributed by atoms with Crippen molar-refractivity contribution in [3.63, 3.8) is 0 Å². The Morgan fingerprint density at radius 2 is 2.41 bits per heavy atom. The monoisotopic (exact) mass is 259 g/mol. The average Bonchev–Trinajstić information content (AvgIpc) is 2.59. The highest BCUT2D eigenvalue weighted by atomic mass is 32.2. The largest absolute Gasteiger partial charge is 0.383 e. The van der Waals surface area contributed by atoms with Gasteiger partial charge >= 0.3 is 0 Å². The second kappa shape index (κ2) is 6.86. The van der Waals surface area contributed by atoms with Crippen LogP contribution in [0.2, 0.25) is 0 Å². The van der Waals surface area contributed by atoms with Crippen LogP contribution in [0.15, 0.2) is 4.99 Å². The number of ether oxygens (including phenoxy) is 1. The fourth-order valence-electron chi connectivity index (χ4n) is 1.34. The molecule has 1 saturated heterocycles. The van der Waals surface area contributed by atoms with Crippen LogP contribution >= 0.6 is 11.8 Å². The highest BCUT2D eigenvalue weighted by Gasteiger charge is 2.26. The van der Waals surface area contributed by atoms with E-state index in [0.29, 0.717) is 26.1 Å². The number of thioether (sulfide) groups is 1. The summed E-state index contributed by atoms with van der Waals surface area (Å²) in [6.45, 7) is 5.92. The molecule has 0 saturated carbocycles. The van der Waals surface area contributed by atoms with Crippen LogP contribution in [0.4, 0.5) is 0 Å². The number of amides is 1. The van der Waals surface area contributed by atoms with Crippen molar-refractivity contribution in [1.82, 2.24) is 10.6 Å². The lowest BCUT2D eigenvalue weighted by atomic mass is 10.1. The molecule has 0 aromatic heterocycles. The number of hydrogen-bond acceptors (Lipinski definition) is 4. The first kappa shape index (κ1) is 14.3. The van der Waals surface area contributed by atoms with Crippen molar-refractivity contribution in [3.05, 3.63) is 0 Å². The van der Waals surface area contributed by atoms with Crippen LogP contribution in [-0.2, 0) is 9.53 Å². The third-order valence-electron chi connectivity index (χ3n) is 2.24. The Kier molecular flexibility index (Phi) is 5.77. The zero-order chi connectivity index (χ0) is 12.7. The van der Waals surface area contributed by atoms with Gasteiger partial charge in [0.1, 0.15) is 0 Å². The molecule has 5 nitrogen and oxygen atoms in total. The number of aliphatic imine (C=N–C) groups is 1. The van der Waals surface area contributed by atoms with Gasteiger partial charge in [-0.15, -0.1) is 0 Å². The molecule has 0 aliphatic carbocycles. The van der Waals surface area contributed by atoms with E-state index in [1.807, 2.05) is 0 Å². The number of rotatable bonds is 6. The van der Waals surface area contributed by atoms with Crippen molar-refractivity contribution in [2.75, 3.05) is 32.6 Å². The average molecular weight is 259 g/mol. The number of carbonyl (C=O) groups excluding carboxylic acids is 1. The molecule has 0 radical (unpaired) electrons. The minimum absolute atomic E-state index is 0.0219. The number of carbonyl (C=O) groups is 1. The second-order valence-corrected chi connectivity index (χ2v) is 5.54. The lowest BCUT2D eigenvalue weighted by molar-refractivity contribution is -0.121. The lowest BCUT2D eigenvalue weighted by Crippen LogP contribution is -2.37. The molecule has 0 bridgehead atoms. The molecule has 2 N–H and O–H groups in total. The Hall–Kier alpha value is -0.750. The molecule has 0 atom stereocenters.